The zero-order chi connectivity index (χ0) is 16.0. The number of carbonyl (C=O) groups is 1. The number of likely N-dealkylation sites (tertiary alicyclic amines) is 1. The highest BCUT2D eigenvalue weighted by atomic mass is 16.2. The molecule has 1 rings (SSSR count). The Balaban J connectivity index is 2.40. The van der Waals surface area contributed by atoms with Crippen LogP contribution in [0.25, 0.3) is 0 Å². The fourth-order valence-electron chi connectivity index (χ4n) is 3.06. The summed E-state index contributed by atoms with van der Waals surface area (Å²) < 4.78 is 0. The van der Waals surface area contributed by atoms with Crippen LogP contribution in [-0.2, 0) is 4.79 Å². The van der Waals surface area contributed by atoms with E-state index < -0.39 is 0 Å². The Morgan fingerprint density at radius 2 is 1.76 bits per heavy atom. The minimum atomic E-state index is -0.247. The molecule has 0 aliphatic carbocycles. The van der Waals surface area contributed by atoms with E-state index in [-0.39, 0.29) is 5.41 Å². The van der Waals surface area contributed by atoms with Crippen LogP contribution in [0.5, 0.6) is 0 Å². The smallest absolute Gasteiger partial charge is 0.227 e. The van der Waals surface area contributed by atoms with Gasteiger partial charge < -0.3 is 10.2 Å². The first-order chi connectivity index (χ1) is 9.77. The summed E-state index contributed by atoms with van der Waals surface area (Å²) in [6, 6.07) is 1.22. The van der Waals surface area contributed by atoms with Crippen molar-refractivity contribution in [3.05, 3.63) is 0 Å². The van der Waals surface area contributed by atoms with Gasteiger partial charge in [-0.05, 0) is 31.6 Å². The zero-order valence-corrected chi connectivity index (χ0v) is 15.0. The molecular weight excluding hydrogens is 260 g/mol. The van der Waals surface area contributed by atoms with Crippen LogP contribution in [0.2, 0.25) is 0 Å². The molecule has 0 bridgehead atoms. The van der Waals surface area contributed by atoms with E-state index in [1.807, 2.05) is 25.7 Å². The Hall–Kier alpha value is -0.570. The van der Waals surface area contributed by atoms with Crippen LogP contribution < -0.4 is 5.32 Å². The standard InChI is InChI=1S/C18H36N2O/c1-7-14(3)13-15(8-2)19-16-9-11-20(12-10-16)17(21)18(4,5)6/h14-16,19H,7-13H2,1-6H3. The molecule has 0 radical (unpaired) electrons. The van der Waals surface area contributed by atoms with Gasteiger partial charge in [-0.1, -0.05) is 48.0 Å². The monoisotopic (exact) mass is 296 g/mol. The number of rotatable bonds is 6. The van der Waals surface area contributed by atoms with Gasteiger partial charge in [-0.25, -0.2) is 0 Å². The van der Waals surface area contributed by atoms with Gasteiger partial charge in [0.1, 0.15) is 0 Å². The van der Waals surface area contributed by atoms with Crippen LogP contribution in [0.1, 0.15) is 73.6 Å². The van der Waals surface area contributed by atoms with Crippen molar-refractivity contribution in [2.24, 2.45) is 11.3 Å². The van der Waals surface area contributed by atoms with Crippen molar-refractivity contribution >= 4 is 5.91 Å². The van der Waals surface area contributed by atoms with Gasteiger partial charge in [-0.2, -0.15) is 0 Å². The van der Waals surface area contributed by atoms with Crippen LogP contribution in [-0.4, -0.2) is 36.0 Å². The molecule has 1 N–H and O–H groups in total. The third-order valence-corrected chi connectivity index (χ3v) is 4.77. The summed E-state index contributed by atoms with van der Waals surface area (Å²) in [5.74, 6) is 1.10. The van der Waals surface area contributed by atoms with E-state index in [0.717, 1.165) is 31.8 Å². The summed E-state index contributed by atoms with van der Waals surface area (Å²) in [5, 5.41) is 3.83. The first-order valence-electron chi connectivity index (χ1n) is 8.83. The molecule has 124 valence electrons. The third kappa shape index (κ3) is 5.98. The molecule has 0 saturated carbocycles. The zero-order valence-electron chi connectivity index (χ0n) is 15.0. The van der Waals surface area contributed by atoms with Crippen molar-refractivity contribution in [3.63, 3.8) is 0 Å². The lowest BCUT2D eigenvalue weighted by atomic mass is 9.92. The molecule has 1 aliphatic rings. The van der Waals surface area contributed by atoms with E-state index >= 15 is 0 Å². The molecule has 0 aromatic heterocycles. The van der Waals surface area contributed by atoms with Crippen molar-refractivity contribution in [3.8, 4) is 0 Å². The molecule has 3 heteroatoms. The average Bonchev–Trinajstić information content (AvgIpc) is 2.45. The maximum Gasteiger partial charge on any atom is 0.227 e. The van der Waals surface area contributed by atoms with Crippen molar-refractivity contribution in [2.75, 3.05) is 13.1 Å². The number of amides is 1. The molecule has 1 fully saturated rings. The van der Waals surface area contributed by atoms with Crippen LogP contribution in [0.15, 0.2) is 0 Å². The maximum atomic E-state index is 12.3. The average molecular weight is 296 g/mol. The van der Waals surface area contributed by atoms with Crippen LogP contribution in [0.4, 0.5) is 0 Å². The predicted octanol–water partition coefficient (Wildman–Crippen LogP) is 3.83. The molecule has 2 unspecified atom stereocenters. The van der Waals surface area contributed by atoms with Crippen molar-refractivity contribution in [1.82, 2.24) is 10.2 Å². The maximum absolute atomic E-state index is 12.3. The van der Waals surface area contributed by atoms with Gasteiger partial charge in [-0.3, -0.25) is 4.79 Å². The second kappa shape index (κ2) is 8.17. The van der Waals surface area contributed by atoms with E-state index in [0.29, 0.717) is 18.0 Å². The van der Waals surface area contributed by atoms with Crippen LogP contribution in [0.3, 0.4) is 0 Å². The Bertz CT molecular complexity index is 314. The molecule has 3 nitrogen and oxygen atoms in total. The summed E-state index contributed by atoms with van der Waals surface area (Å²) in [7, 11) is 0. The first-order valence-corrected chi connectivity index (χ1v) is 8.83. The van der Waals surface area contributed by atoms with Gasteiger partial charge in [0.2, 0.25) is 5.91 Å². The Labute approximate surface area is 131 Å². The highest BCUT2D eigenvalue weighted by Gasteiger charge is 2.30. The highest BCUT2D eigenvalue weighted by Crippen LogP contribution is 2.22. The quantitative estimate of drug-likeness (QED) is 0.808. The summed E-state index contributed by atoms with van der Waals surface area (Å²) in [4.78, 5) is 14.3. The van der Waals surface area contributed by atoms with Crippen LogP contribution >= 0.6 is 0 Å². The molecule has 1 heterocycles. The van der Waals surface area contributed by atoms with Gasteiger partial charge in [0.15, 0.2) is 0 Å². The lowest BCUT2D eigenvalue weighted by Crippen LogP contribution is -2.50. The predicted molar refractivity (Wildman–Crippen MR) is 90.3 cm³/mol. The fraction of sp³-hybridized carbons (Fsp3) is 0.944. The lowest BCUT2D eigenvalue weighted by molar-refractivity contribution is -0.140. The molecular formula is C18H36N2O. The van der Waals surface area contributed by atoms with Gasteiger partial charge in [0.05, 0.1) is 0 Å². The molecule has 0 spiro atoms. The van der Waals surface area contributed by atoms with Gasteiger partial charge >= 0.3 is 0 Å². The molecule has 1 aliphatic heterocycles. The third-order valence-electron chi connectivity index (χ3n) is 4.77. The molecule has 0 aromatic carbocycles. The van der Waals surface area contributed by atoms with Gasteiger partial charge in [0.25, 0.3) is 0 Å². The van der Waals surface area contributed by atoms with Crippen LogP contribution in [0, 0.1) is 11.3 Å². The van der Waals surface area contributed by atoms with E-state index in [1.54, 1.807) is 0 Å². The molecule has 2 atom stereocenters. The summed E-state index contributed by atoms with van der Waals surface area (Å²) in [5.41, 5.74) is -0.247. The van der Waals surface area contributed by atoms with E-state index in [2.05, 4.69) is 26.1 Å². The molecule has 0 aromatic rings. The Kier molecular flexibility index (Phi) is 7.19. The van der Waals surface area contributed by atoms with Crippen molar-refractivity contribution in [2.45, 2.75) is 85.7 Å². The number of nitrogens with zero attached hydrogens (tertiary/aromatic N) is 1. The SMILES string of the molecule is CCC(C)CC(CC)NC1CCN(C(=O)C(C)(C)C)CC1. The number of hydrogen-bond acceptors (Lipinski definition) is 2. The second-order valence-electron chi connectivity index (χ2n) is 7.84. The highest BCUT2D eigenvalue weighted by molar-refractivity contribution is 5.81. The minimum Gasteiger partial charge on any atom is -0.342 e. The summed E-state index contributed by atoms with van der Waals surface area (Å²) in [6.45, 7) is 14.7. The van der Waals surface area contributed by atoms with Gasteiger partial charge in [-0.15, -0.1) is 0 Å². The Morgan fingerprint density at radius 3 is 2.19 bits per heavy atom. The van der Waals surface area contributed by atoms with E-state index in [9.17, 15) is 4.79 Å². The normalized spacial score (nSPS) is 20.4. The number of carbonyl (C=O) groups excluding carboxylic acids is 1. The molecule has 1 amide bonds. The van der Waals surface area contributed by atoms with E-state index in [4.69, 9.17) is 0 Å². The topological polar surface area (TPSA) is 32.3 Å². The van der Waals surface area contributed by atoms with Crippen molar-refractivity contribution < 1.29 is 4.79 Å². The summed E-state index contributed by atoms with van der Waals surface area (Å²) >= 11 is 0. The molecule has 21 heavy (non-hydrogen) atoms. The molecule has 1 saturated heterocycles. The van der Waals surface area contributed by atoms with E-state index in [1.165, 1.54) is 19.3 Å². The number of hydrogen-bond donors (Lipinski definition) is 1. The number of piperidine rings is 1. The number of nitrogens with one attached hydrogen (secondary N) is 1. The minimum absolute atomic E-state index is 0.247. The largest absolute Gasteiger partial charge is 0.342 e. The fourth-order valence-corrected chi connectivity index (χ4v) is 3.06. The summed E-state index contributed by atoms with van der Waals surface area (Å²) in [6.07, 6.45) is 5.92. The lowest BCUT2D eigenvalue weighted by Gasteiger charge is -2.37. The first kappa shape index (κ1) is 18.5. The van der Waals surface area contributed by atoms with Gasteiger partial charge in [0, 0.05) is 30.6 Å². The Morgan fingerprint density at radius 1 is 1.19 bits per heavy atom. The second-order valence-corrected chi connectivity index (χ2v) is 7.84. The van der Waals surface area contributed by atoms with Crippen molar-refractivity contribution in [1.29, 1.82) is 0 Å².